The average Bonchev–Trinajstić information content (AvgIpc) is 3.63. The van der Waals surface area contributed by atoms with E-state index in [1.165, 1.54) is 0 Å². The van der Waals surface area contributed by atoms with E-state index in [0.29, 0.717) is 71.8 Å². The van der Waals surface area contributed by atoms with Gasteiger partial charge in [0.25, 0.3) is 0 Å². The highest BCUT2D eigenvalue weighted by Gasteiger charge is 2.62. The topological polar surface area (TPSA) is 86.7 Å². The molecule has 6 aliphatic carbocycles. The Morgan fingerprint density at radius 3 is 1.62 bits per heavy atom. The van der Waals surface area contributed by atoms with Crippen LogP contribution < -0.4 is 0 Å². The minimum atomic E-state index is -0.399. The lowest BCUT2D eigenvalue weighted by Gasteiger charge is -2.30. The second kappa shape index (κ2) is 12.9. The molecule has 0 aromatic heterocycles. The molecule has 6 saturated carbocycles. The van der Waals surface area contributed by atoms with Gasteiger partial charge in [-0.3, -0.25) is 19.2 Å². The van der Waals surface area contributed by atoms with E-state index >= 15 is 0 Å². The fourth-order valence-corrected chi connectivity index (χ4v) is 8.15. The second-order valence-electron chi connectivity index (χ2n) is 13.0. The largest absolute Gasteiger partial charge is 0.462 e. The molecule has 0 amide bonds. The van der Waals surface area contributed by atoms with E-state index in [4.69, 9.17) is 9.47 Å². The lowest BCUT2D eigenvalue weighted by Crippen LogP contribution is -2.36. The SMILES string of the molecule is C.C.C.C.CCC(C)(C)C(=O)OC1C2CC3C(=O)CC1C3C2.CCC(C)C(=O)OC1C2CC3C(=O)CC1C3C2. The van der Waals surface area contributed by atoms with Gasteiger partial charge >= 0.3 is 11.9 Å². The van der Waals surface area contributed by atoms with Gasteiger partial charge in [0, 0.05) is 36.5 Å². The number of esters is 2. The van der Waals surface area contributed by atoms with Crippen molar-refractivity contribution in [2.45, 2.75) is 128 Å². The third-order valence-electron chi connectivity index (χ3n) is 10.8. The lowest BCUT2D eigenvalue weighted by atomic mass is 9.85. The predicted octanol–water partition coefficient (Wildman–Crippen LogP) is 7.31. The number of Topliss-reactive ketones (excluding diaryl/α,β-unsaturated/α-hetero) is 2. The zero-order valence-corrected chi connectivity index (χ0v) is 22.0. The fraction of sp³-hybridized carbons (Fsp3) is 0.879. The van der Waals surface area contributed by atoms with E-state index in [-0.39, 0.29) is 59.8 Å². The van der Waals surface area contributed by atoms with Crippen molar-refractivity contribution in [1.82, 2.24) is 0 Å². The van der Waals surface area contributed by atoms with Crippen LogP contribution in [0.1, 0.15) is 116 Å². The first-order valence-electron chi connectivity index (χ1n) is 14.0. The minimum absolute atomic E-state index is 0. The molecule has 39 heavy (non-hydrogen) atoms. The van der Waals surface area contributed by atoms with Gasteiger partial charge in [0.1, 0.15) is 23.8 Å². The molecule has 11 atom stereocenters. The van der Waals surface area contributed by atoms with Crippen molar-refractivity contribution in [2.24, 2.45) is 58.7 Å². The first-order valence-corrected chi connectivity index (χ1v) is 14.0. The maximum Gasteiger partial charge on any atom is 0.311 e. The Balaban J connectivity index is 0.000000354. The highest BCUT2D eigenvalue weighted by Crippen LogP contribution is 2.60. The van der Waals surface area contributed by atoms with E-state index in [1.54, 1.807) is 0 Å². The molecule has 4 bridgehead atoms. The van der Waals surface area contributed by atoms with E-state index in [9.17, 15) is 19.2 Å². The van der Waals surface area contributed by atoms with Crippen LogP contribution in [0.3, 0.4) is 0 Å². The van der Waals surface area contributed by atoms with Gasteiger partial charge < -0.3 is 9.47 Å². The van der Waals surface area contributed by atoms with Crippen LogP contribution in [0.2, 0.25) is 0 Å². The molecule has 0 saturated heterocycles. The van der Waals surface area contributed by atoms with Crippen molar-refractivity contribution in [3.05, 3.63) is 0 Å². The molecular weight excluding hydrogens is 492 g/mol. The van der Waals surface area contributed by atoms with Crippen LogP contribution in [0.5, 0.6) is 0 Å². The summed E-state index contributed by atoms with van der Waals surface area (Å²) in [5, 5.41) is 0. The number of hydrogen-bond donors (Lipinski definition) is 0. The van der Waals surface area contributed by atoms with Crippen LogP contribution in [0.4, 0.5) is 0 Å². The number of ketones is 2. The summed E-state index contributed by atoms with van der Waals surface area (Å²) >= 11 is 0. The number of rotatable bonds is 6. The zero-order valence-electron chi connectivity index (χ0n) is 22.0. The molecule has 6 heteroatoms. The molecule has 0 aromatic carbocycles. The molecule has 0 aliphatic heterocycles. The van der Waals surface area contributed by atoms with Crippen LogP contribution in [0.25, 0.3) is 0 Å². The number of fused-ring (bicyclic) bond motifs is 2. The normalized spacial score (nSPS) is 38.4. The maximum atomic E-state index is 12.2. The predicted molar refractivity (Wildman–Crippen MR) is 156 cm³/mol. The second-order valence-corrected chi connectivity index (χ2v) is 13.0. The molecular formula is C33H58O6. The summed E-state index contributed by atoms with van der Waals surface area (Å²) in [6, 6.07) is 0. The van der Waals surface area contributed by atoms with Crippen molar-refractivity contribution in [3.63, 3.8) is 0 Å². The maximum absolute atomic E-state index is 12.2. The molecule has 6 rings (SSSR count). The van der Waals surface area contributed by atoms with Gasteiger partial charge in [-0.15, -0.1) is 0 Å². The van der Waals surface area contributed by atoms with Gasteiger partial charge in [-0.05, 0) is 76.0 Å². The van der Waals surface area contributed by atoms with Gasteiger partial charge in [-0.25, -0.2) is 0 Å². The Bertz CT molecular complexity index is 908. The van der Waals surface area contributed by atoms with Crippen LogP contribution in [0, 0.1) is 58.7 Å². The Labute approximate surface area is 238 Å². The molecule has 0 heterocycles. The zero-order chi connectivity index (χ0) is 25.2. The third kappa shape index (κ3) is 5.86. The average molecular weight is 551 g/mol. The fourth-order valence-electron chi connectivity index (χ4n) is 8.15. The number of carbonyl (C=O) groups is 4. The van der Waals surface area contributed by atoms with Gasteiger partial charge in [0.05, 0.1) is 11.3 Å². The summed E-state index contributed by atoms with van der Waals surface area (Å²) in [6.45, 7) is 9.80. The van der Waals surface area contributed by atoms with Gasteiger partial charge in [-0.1, -0.05) is 50.5 Å². The lowest BCUT2D eigenvalue weighted by molar-refractivity contribution is -0.165. The monoisotopic (exact) mass is 550 g/mol. The van der Waals surface area contributed by atoms with Crippen LogP contribution in [-0.4, -0.2) is 35.7 Å². The van der Waals surface area contributed by atoms with Crippen molar-refractivity contribution >= 4 is 23.5 Å². The highest BCUT2D eigenvalue weighted by molar-refractivity contribution is 5.86. The molecule has 6 nitrogen and oxygen atoms in total. The summed E-state index contributed by atoms with van der Waals surface area (Å²) in [5.74, 6) is 3.93. The Hall–Kier alpha value is -1.72. The van der Waals surface area contributed by atoms with E-state index < -0.39 is 5.41 Å². The van der Waals surface area contributed by atoms with Gasteiger partial charge in [-0.2, -0.15) is 0 Å². The third-order valence-corrected chi connectivity index (χ3v) is 10.8. The van der Waals surface area contributed by atoms with Crippen molar-refractivity contribution < 1.29 is 28.7 Å². The van der Waals surface area contributed by atoms with Crippen LogP contribution in [-0.2, 0) is 28.7 Å². The first kappa shape index (κ1) is 35.3. The van der Waals surface area contributed by atoms with Crippen molar-refractivity contribution in [1.29, 1.82) is 0 Å². The number of carbonyl (C=O) groups excluding carboxylic acids is 4. The smallest absolute Gasteiger partial charge is 0.311 e. The molecule has 11 unspecified atom stereocenters. The van der Waals surface area contributed by atoms with Crippen molar-refractivity contribution in [2.75, 3.05) is 0 Å². The van der Waals surface area contributed by atoms with E-state index in [1.807, 2.05) is 34.6 Å². The van der Waals surface area contributed by atoms with Crippen LogP contribution >= 0.6 is 0 Å². The standard InChI is InChI=1S/C15H22O3.C14H20O3.4CH4/c1-4-15(2,3)14(17)18-13-8-5-9-10(6-8)12(16)7-11(9)13;1-3-7(2)14(16)17-13-8-4-9-10(5-8)12(15)6-11(9)13;;;;/h8-11,13H,4-7H2,1-3H3;7-11,13H,3-6H2,1-2H3;4*1H4. The van der Waals surface area contributed by atoms with Gasteiger partial charge in [0.15, 0.2) is 0 Å². The first-order chi connectivity index (χ1) is 16.6. The molecule has 226 valence electrons. The molecule has 6 aliphatic rings. The summed E-state index contributed by atoms with van der Waals surface area (Å²) in [6.07, 6.45) is 7.14. The Morgan fingerprint density at radius 2 is 1.21 bits per heavy atom. The molecule has 0 aromatic rings. The van der Waals surface area contributed by atoms with Crippen molar-refractivity contribution in [3.8, 4) is 0 Å². The highest BCUT2D eigenvalue weighted by atomic mass is 16.6. The molecule has 0 spiro atoms. The summed E-state index contributed by atoms with van der Waals surface area (Å²) < 4.78 is 11.5. The quantitative estimate of drug-likeness (QED) is 0.322. The Kier molecular flexibility index (Phi) is 11.6. The summed E-state index contributed by atoms with van der Waals surface area (Å²) in [5.41, 5.74) is -0.399. The molecule has 0 radical (unpaired) electrons. The Morgan fingerprint density at radius 1 is 0.769 bits per heavy atom. The number of ether oxygens (including phenoxy) is 2. The number of hydrogen-bond acceptors (Lipinski definition) is 6. The van der Waals surface area contributed by atoms with E-state index in [2.05, 4.69) is 0 Å². The summed E-state index contributed by atoms with van der Waals surface area (Å²) in [7, 11) is 0. The van der Waals surface area contributed by atoms with E-state index in [0.717, 1.165) is 38.5 Å². The van der Waals surface area contributed by atoms with Crippen LogP contribution in [0.15, 0.2) is 0 Å². The minimum Gasteiger partial charge on any atom is -0.462 e. The molecule has 0 N–H and O–H groups in total. The van der Waals surface area contributed by atoms with Gasteiger partial charge in [0.2, 0.25) is 0 Å². The molecule has 6 fully saturated rings. The summed E-state index contributed by atoms with van der Waals surface area (Å²) in [4.78, 5) is 47.6.